The van der Waals surface area contributed by atoms with E-state index < -0.39 is 29.4 Å². The van der Waals surface area contributed by atoms with Gasteiger partial charge in [0.05, 0.1) is 6.04 Å². The second-order valence-electron chi connectivity index (χ2n) is 6.76. The van der Waals surface area contributed by atoms with Gasteiger partial charge in [-0.3, -0.25) is 9.59 Å². The number of hydrogen-bond acceptors (Lipinski definition) is 6. The molecule has 9 nitrogen and oxygen atoms in total. The maximum Gasteiger partial charge on any atom is 0.490 e. The lowest BCUT2D eigenvalue weighted by molar-refractivity contribution is -0.192. The molecule has 1 amide bonds. The van der Waals surface area contributed by atoms with Crippen molar-refractivity contribution in [2.45, 2.75) is 38.0 Å². The number of carbonyl (C=O) groups excluding carboxylic acids is 1. The van der Waals surface area contributed by atoms with Crippen LogP contribution in [0.5, 0.6) is 5.75 Å². The number of hydrogen-bond donors (Lipinski definition) is 5. The Labute approximate surface area is 178 Å². The number of piperidine rings is 1. The molecule has 1 atom stereocenters. The number of carboxylic acid groups (broad SMARTS) is 1. The highest BCUT2D eigenvalue weighted by Gasteiger charge is 2.38. The standard InChI is InChI=1S/C17H19FN4O3.C2HF3O2/c18-11-6-4-10(5-7-11)9-20-16(24)13-14(23)17(25)22-15(21-13)12-3-1-2-8-19-12;3-2(4,5)1(6)7/h4-7,12,19,23H,1-3,8-9H2,(H,20,24)(H,21,22,25);(H,6,7). The monoisotopic (exact) mass is 460 g/mol. The van der Waals surface area contributed by atoms with Gasteiger partial charge in [0.15, 0.2) is 5.69 Å². The van der Waals surface area contributed by atoms with E-state index in [9.17, 15) is 32.3 Å². The molecule has 1 fully saturated rings. The number of carboxylic acids is 1. The van der Waals surface area contributed by atoms with Gasteiger partial charge in [-0.15, -0.1) is 0 Å². The Morgan fingerprint density at radius 1 is 1.19 bits per heavy atom. The van der Waals surface area contributed by atoms with Gasteiger partial charge in [0, 0.05) is 6.54 Å². The molecular formula is C19H20F4N4O5. The van der Waals surface area contributed by atoms with Crippen molar-refractivity contribution in [1.82, 2.24) is 20.6 Å². The van der Waals surface area contributed by atoms with E-state index >= 15 is 0 Å². The first-order valence-electron chi connectivity index (χ1n) is 9.38. The molecule has 2 aromatic rings. The van der Waals surface area contributed by atoms with Crippen LogP contribution in [0.15, 0.2) is 29.1 Å². The summed E-state index contributed by atoms with van der Waals surface area (Å²) < 4.78 is 44.6. The summed E-state index contributed by atoms with van der Waals surface area (Å²) in [5, 5.41) is 22.8. The van der Waals surface area contributed by atoms with Crippen LogP contribution in [-0.2, 0) is 11.3 Å². The molecule has 0 bridgehead atoms. The zero-order valence-electron chi connectivity index (χ0n) is 16.5. The fraction of sp³-hybridized carbons (Fsp3) is 0.368. The summed E-state index contributed by atoms with van der Waals surface area (Å²) in [5.74, 6) is -4.16. The minimum Gasteiger partial charge on any atom is -0.501 e. The van der Waals surface area contributed by atoms with Gasteiger partial charge in [0.25, 0.3) is 11.5 Å². The van der Waals surface area contributed by atoms with Crippen LogP contribution in [0.25, 0.3) is 0 Å². The normalized spacial score (nSPS) is 15.9. The molecule has 0 spiro atoms. The number of rotatable bonds is 4. The number of nitrogens with one attached hydrogen (secondary N) is 3. The number of amides is 1. The molecule has 13 heteroatoms. The first kappa shape index (κ1) is 24.8. The van der Waals surface area contributed by atoms with Crippen LogP contribution in [0, 0.1) is 5.82 Å². The van der Waals surface area contributed by atoms with E-state index in [0.717, 1.165) is 25.8 Å². The van der Waals surface area contributed by atoms with Crippen molar-refractivity contribution in [2.75, 3.05) is 6.54 Å². The summed E-state index contributed by atoms with van der Waals surface area (Å²) in [6.45, 7) is 0.936. The van der Waals surface area contributed by atoms with Gasteiger partial charge in [-0.1, -0.05) is 18.6 Å². The van der Waals surface area contributed by atoms with Gasteiger partial charge in [0.1, 0.15) is 11.6 Å². The van der Waals surface area contributed by atoms with Crippen molar-refractivity contribution >= 4 is 11.9 Å². The second kappa shape index (κ2) is 10.7. The molecule has 5 N–H and O–H groups in total. The lowest BCUT2D eigenvalue weighted by Crippen LogP contribution is -2.32. The van der Waals surface area contributed by atoms with Gasteiger partial charge in [-0.05, 0) is 37.1 Å². The molecule has 1 aliphatic heterocycles. The van der Waals surface area contributed by atoms with Crippen molar-refractivity contribution < 1.29 is 37.4 Å². The van der Waals surface area contributed by atoms with Crippen LogP contribution in [0.1, 0.15) is 47.2 Å². The van der Waals surface area contributed by atoms with Crippen molar-refractivity contribution in [3.63, 3.8) is 0 Å². The third-order valence-corrected chi connectivity index (χ3v) is 4.38. The molecule has 1 saturated heterocycles. The highest BCUT2D eigenvalue weighted by Crippen LogP contribution is 2.21. The fourth-order valence-corrected chi connectivity index (χ4v) is 2.76. The summed E-state index contributed by atoms with van der Waals surface area (Å²) in [6.07, 6.45) is -2.25. The van der Waals surface area contributed by atoms with Gasteiger partial charge >= 0.3 is 12.1 Å². The van der Waals surface area contributed by atoms with Crippen LogP contribution < -0.4 is 16.2 Å². The lowest BCUT2D eigenvalue weighted by atomic mass is 10.0. The number of alkyl halides is 3. The lowest BCUT2D eigenvalue weighted by Gasteiger charge is -2.22. The first-order chi connectivity index (χ1) is 15.0. The van der Waals surface area contributed by atoms with E-state index in [2.05, 4.69) is 20.6 Å². The Hall–Kier alpha value is -3.48. The quantitative estimate of drug-likeness (QED) is 0.439. The Morgan fingerprint density at radius 3 is 2.34 bits per heavy atom. The van der Waals surface area contributed by atoms with Crippen molar-refractivity contribution in [3.8, 4) is 5.75 Å². The van der Waals surface area contributed by atoms with Crippen LogP contribution in [-0.4, -0.2) is 44.8 Å². The predicted molar refractivity (Wildman–Crippen MR) is 102 cm³/mol. The van der Waals surface area contributed by atoms with Gasteiger partial charge < -0.3 is 25.8 Å². The summed E-state index contributed by atoms with van der Waals surface area (Å²) in [7, 11) is 0. The average Bonchev–Trinajstić information content (AvgIpc) is 2.75. The minimum absolute atomic E-state index is 0.129. The molecule has 32 heavy (non-hydrogen) atoms. The van der Waals surface area contributed by atoms with Crippen LogP contribution >= 0.6 is 0 Å². The fourth-order valence-electron chi connectivity index (χ4n) is 2.76. The Morgan fingerprint density at radius 2 is 1.81 bits per heavy atom. The molecule has 0 aliphatic carbocycles. The maximum absolute atomic E-state index is 12.9. The van der Waals surface area contributed by atoms with E-state index in [1.165, 1.54) is 24.3 Å². The molecule has 174 valence electrons. The average molecular weight is 460 g/mol. The number of aliphatic carboxylic acids is 1. The zero-order chi connectivity index (χ0) is 23.9. The summed E-state index contributed by atoms with van der Waals surface area (Å²) in [6, 6.07) is 5.51. The number of benzene rings is 1. The topological polar surface area (TPSA) is 144 Å². The molecule has 3 rings (SSSR count). The van der Waals surface area contributed by atoms with E-state index in [-0.39, 0.29) is 24.1 Å². The second-order valence-corrected chi connectivity index (χ2v) is 6.76. The number of H-pyrrole nitrogens is 1. The van der Waals surface area contributed by atoms with Gasteiger partial charge in [-0.25, -0.2) is 14.2 Å². The Balaban J connectivity index is 0.000000451. The molecule has 1 aromatic heterocycles. The van der Waals surface area contributed by atoms with Crippen molar-refractivity contribution in [2.24, 2.45) is 0 Å². The third kappa shape index (κ3) is 7.04. The third-order valence-electron chi connectivity index (χ3n) is 4.38. The van der Waals surface area contributed by atoms with E-state index in [0.29, 0.717) is 11.4 Å². The van der Waals surface area contributed by atoms with Gasteiger partial charge in [0.2, 0.25) is 5.75 Å². The zero-order valence-corrected chi connectivity index (χ0v) is 16.5. The van der Waals surface area contributed by atoms with Crippen LogP contribution in [0.4, 0.5) is 17.6 Å². The number of aromatic nitrogens is 2. The minimum atomic E-state index is -5.08. The molecule has 1 aliphatic rings. The number of nitrogens with zero attached hydrogens (tertiary/aromatic N) is 1. The Kier molecular flexibility index (Phi) is 8.29. The van der Waals surface area contributed by atoms with Gasteiger partial charge in [-0.2, -0.15) is 13.2 Å². The highest BCUT2D eigenvalue weighted by molar-refractivity contribution is 5.94. The number of aromatic amines is 1. The number of halogens is 4. The van der Waals surface area contributed by atoms with Crippen LogP contribution in [0.2, 0.25) is 0 Å². The summed E-state index contributed by atoms with van der Waals surface area (Å²) in [4.78, 5) is 39.8. The maximum atomic E-state index is 12.9. The largest absolute Gasteiger partial charge is 0.501 e. The number of carbonyl (C=O) groups is 2. The van der Waals surface area contributed by atoms with Crippen molar-refractivity contribution in [3.05, 3.63) is 57.5 Å². The van der Waals surface area contributed by atoms with Crippen LogP contribution in [0.3, 0.4) is 0 Å². The molecule has 1 aromatic carbocycles. The van der Waals surface area contributed by atoms with E-state index in [1.54, 1.807) is 0 Å². The number of aromatic hydroxyl groups is 1. The molecular weight excluding hydrogens is 440 g/mol. The molecule has 2 heterocycles. The Bertz CT molecular complexity index is 1000. The first-order valence-corrected chi connectivity index (χ1v) is 9.38. The summed E-state index contributed by atoms with van der Waals surface area (Å²) in [5.41, 5.74) is -0.370. The smallest absolute Gasteiger partial charge is 0.490 e. The SMILES string of the molecule is O=C(NCc1ccc(F)cc1)c1nc(C2CCCCN2)[nH]c(=O)c1O.O=C(O)C(F)(F)F. The highest BCUT2D eigenvalue weighted by atomic mass is 19.4. The predicted octanol–water partition coefficient (Wildman–Crippen LogP) is 1.99. The molecule has 0 saturated carbocycles. The van der Waals surface area contributed by atoms with E-state index in [4.69, 9.17) is 9.90 Å². The van der Waals surface area contributed by atoms with Crippen molar-refractivity contribution in [1.29, 1.82) is 0 Å². The van der Waals surface area contributed by atoms with E-state index in [1.807, 2.05) is 0 Å². The molecule has 1 unspecified atom stereocenters. The summed E-state index contributed by atoms with van der Waals surface area (Å²) >= 11 is 0. The molecule has 0 radical (unpaired) electrons.